The van der Waals surface area contributed by atoms with Crippen LogP contribution in [0, 0.1) is 0 Å². The molecule has 6 nitrogen and oxygen atoms in total. The zero-order valence-electron chi connectivity index (χ0n) is 10.7. The molecule has 0 aliphatic heterocycles. The minimum Gasteiger partial charge on any atom is -0.504 e. The number of aromatic hydroxyl groups is 1. The largest absolute Gasteiger partial charge is 0.504 e. The first kappa shape index (κ1) is 14.6. The third kappa shape index (κ3) is 4.71. The highest BCUT2D eigenvalue weighted by atomic mass is 16.5. The average Bonchev–Trinajstić information content (AvgIpc) is 2.43. The molecule has 0 radical (unpaired) electrons. The van der Waals surface area contributed by atoms with Crippen molar-refractivity contribution in [2.75, 3.05) is 20.8 Å². The van der Waals surface area contributed by atoms with Crippen molar-refractivity contribution in [3.8, 4) is 11.5 Å². The van der Waals surface area contributed by atoms with Gasteiger partial charge in [0.2, 0.25) is 0 Å². The molecule has 2 N–H and O–H groups in total. The monoisotopic (exact) mass is 265 g/mol. The molecule has 0 aromatic heterocycles. The van der Waals surface area contributed by atoms with E-state index < -0.39 is 5.97 Å². The molecule has 1 rings (SSSR count). The Morgan fingerprint density at radius 2 is 2.16 bits per heavy atom. The summed E-state index contributed by atoms with van der Waals surface area (Å²) in [5.41, 5.74) is 0.659. The van der Waals surface area contributed by atoms with Crippen LogP contribution in [0.3, 0.4) is 0 Å². The van der Waals surface area contributed by atoms with Crippen LogP contribution in [0.5, 0.6) is 11.5 Å². The van der Waals surface area contributed by atoms with Gasteiger partial charge in [-0.15, -0.1) is 0 Å². The van der Waals surface area contributed by atoms with Crippen LogP contribution >= 0.6 is 0 Å². The van der Waals surface area contributed by atoms with Crippen molar-refractivity contribution >= 4 is 18.0 Å². The summed E-state index contributed by atoms with van der Waals surface area (Å²) in [7, 11) is 2.88. The topological polar surface area (TPSA) is 84.9 Å². The van der Waals surface area contributed by atoms with Crippen LogP contribution in [0.1, 0.15) is 5.56 Å². The Morgan fingerprint density at radius 1 is 1.42 bits per heavy atom. The molecule has 102 valence electrons. The number of benzene rings is 1. The minimum atomic E-state index is -0.629. The van der Waals surface area contributed by atoms with E-state index in [9.17, 15) is 14.7 Å². The minimum absolute atomic E-state index is 0.0156. The van der Waals surface area contributed by atoms with Crippen molar-refractivity contribution in [1.29, 1.82) is 0 Å². The zero-order valence-corrected chi connectivity index (χ0v) is 10.7. The van der Waals surface area contributed by atoms with Gasteiger partial charge in [-0.3, -0.25) is 4.79 Å². The number of rotatable bonds is 5. The molecule has 0 unspecified atom stereocenters. The van der Waals surface area contributed by atoms with Crippen LogP contribution in [-0.2, 0) is 14.3 Å². The van der Waals surface area contributed by atoms with Gasteiger partial charge in [-0.05, 0) is 23.8 Å². The smallest absolute Gasteiger partial charge is 0.331 e. The maximum absolute atomic E-state index is 11.3. The van der Waals surface area contributed by atoms with Crippen LogP contribution in [0.4, 0.5) is 0 Å². The summed E-state index contributed by atoms with van der Waals surface area (Å²) in [5, 5.41) is 11.7. The van der Waals surface area contributed by atoms with E-state index in [-0.39, 0.29) is 18.3 Å². The summed E-state index contributed by atoms with van der Waals surface area (Å²) >= 11 is 0. The third-order valence-corrected chi connectivity index (χ3v) is 2.24. The van der Waals surface area contributed by atoms with Crippen molar-refractivity contribution in [3.63, 3.8) is 0 Å². The highest BCUT2D eigenvalue weighted by Crippen LogP contribution is 2.26. The lowest BCUT2D eigenvalue weighted by Gasteiger charge is -2.03. The number of methoxy groups -OCH3 is 1. The summed E-state index contributed by atoms with van der Waals surface area (Å²) < 4.78 is 9.61. The van der Waals surface area contributed by atoms with Crippen LogP contribution in [0.2, 0.25) is 0 Å². The quantitative estimate of drug-likeness (QED) is 0.605. The standard InChI is InChI=1S/C13H15NO5/c1-14-12(16)8-19-13(17)6-4-9-3-5-10(15)11(7-9)18-2/h3-7,15H,8H2,1-2H3,(H,14,16)/b6-4+. The second-order valence-corrected chi connectivity index (χ2v) is 3.55. The average molecular weight is 265 g/mol. The van der Waals surface area contributed by atoms with Crippen molar-refractivity contribution in [1.82, 2.24) is 5.32 Å². The molecule has 0 saturated heterocycles. The fourth-order valence-electron chi connectivity index (χ4n) is 1.22. The first-order valence-corrected chi connectivity index (χ1v) is 5.49. The van der Waals surface area contributed by atoms with Gasteiger partial charge in [-0.1, -0.05) is 6.07 Å². The Hall–Kier alpha value is -2.50. The number of likely N-dealkylation sites (N-methyl/N-ethyl adjacent to an activating group) is 1. The Labute approximate surface area is 110 Å². The molecule has 0 spiro atoms. The molecule has 1 aromatic carbocycles. The molecule has 0 aliphatic rings. The molecule has 0 saturated carbocycles. The summed E-state index contributed by atoms with van der Waals surface area (Å²) in [5.74, 6) is -0.689. The zero-order chi connectivity index (χ0) is 14.3. The van der Waals surface area contributed by atoms with E-state index in [4.69, 9.17) is 4.74 Å². The van der Waals surface area contributed by atoms with Gasteiger partial charge >= 0.3 is 5.97 Å². The van der Waals surface area contributed by atoms with Crippen LogP contribution < -0.4 is 10.1 Å². The van der Waals surface area contributed by atoms with E-state index in [1.807, 2.05) is 0 Å². The number of hydrogen-bond acceptors (Lipinski definition) is 5. The van der Waals surface area contributed by atoms with Crippen LogP contribution in [0.15, 0.2) is 24.3 Å². The van der Waals surface area contributed by atoms with E-state index in [0.717, 1.165) is 0 Å². The molecule has 0 fully saturated rings. The molecule has 0 bridgehead atoms. The molecule has 0 atom stereocenters. The van der Waals surface area contributed by atoms with Crippen molar-refractivity contribution in [2.45, 2.75) is 0 Å². The molecule has 6 heteroatoms. The fraction of sp³-hybridized carbons (Fsp3) is 0.231. The van der Waals surface area contributed by atoms with E-state index in [0.29, 0.717) is 11.3 Å². The maximum Gasteiger partial charge on any atom is 0.331 e. The Bertz CT molecular complexity index is 496. The van der Waals surface area contributed by atoms with Gasteiger partial charge in [0.05, 0.1) is 7.11 Å². The molecule has 1 amide bonds. The highest BCUT2D eigenvalue weighted by molar-refractivity contribution is 5.89. The summed E-state index contributed by atoms with van der Waals surface area (Å²) in [4.78, 5) is 22.1. The van der Waals surface area contributed by atoms with Gasteiger partial charge in [0.1, 0.15) is 0 Å². The van der Waals surface area contributed by atoms with E-state index in [1.165, 1.54) is 32.4 Å². The molecular formula is C13H15NO5. The molecule has 0 aliphatic carbocycles. The second kappa shape index (κ2) is 7.05. The van der Waals surface area contributed by atoms with Gasteiger partial charge in [0.25, 0.3) is 5.91 Å². The lowest BCUT2D eigenvalue weighted by molar-refractivity contribution is -0.143. The van der Waals surface area contributed by atoms with Crippen molar-refractivity contribution in [2.24, 2.45) is 0 Å². The first-order valence-electron chi connectivity index (χ1n) is 5.49. The van der Waals surface area contributed by atoms with Crippen LogP contribution in [0.25, 0.3) is 6.08 Å². The number of carbonyl (C=O) groups is 2. The Morgan fingerprint density at radius 3 is 2.79 bits per heavy atom. The molecule has 0 heterocycles. The molecular weight excluding hydrogens is 250 g/mol. The van der Waals surface area contributed by atoms with E-state index >= 15 is 0 Å². The third-order valence-electron chi connectivity index (χ3n) is 2.24. The lowest BCUT2D eigenvalue weighted by Crippen LogP contribution is -2.24. The number of carbonyl (C=O) groups excluding carboxylic acids is 2. The number of ether oxygens (including phenoxy) is 2. The molecule has 19 heavy (non-hydrogen) atoms. The summed E-state index contributed by atoms with van der Waals surface area (Å²) in [6.07, 6.45) is 2.68. The van der Waals surface area contributed by atoms with Crippen molar-refractivity contribution in [3.05, 3.63) is 29.8 Å². The second-order valence-electron chi connectivity index (χ2n) is 3.55. The van der Waals surface area contributed by atoms with Gasteiger partial charge in [-0.2, -0.15) is 0 Å². The van der Waals surface area contributed by atoms with E-state index in [2.05, 4.69) is 10.1 Å². The van der Waals surface area contributed by atoms with Gasteiger partial charge < -0.3 is 19.9 Å². The Balaban J connectivity index is 2.61. The lowest BCUT2D eigenvalue weighted by atomic mass is 10.2. The summed E-state index contributed by atoms with van der Waals surface area (Å²) in [6.45, 7) is -0.321. The maximum atomic E-state index is 11.3. The fourth-order valence-corrected chi connectivity index (χ4v) is 1.22. The number of esters is 1. The number of phenols is 1. The predicted molar refractivity (Wildman–Crippen MR) is 68.7 cm³/mol. The van der Waals surface area contributed by atoms with Crippen molar-refractivity contribution < 1.29 is 24.2 Å². The molecule has 1 aromatic rings. The number of hydrogen-bond donors (Lipinski definition) is 2. The van der Waals surface area contributed by atoms with E-state index in [1.54, 1.807) is 12.1 Å². The number of amides is 1. The van der Waals surface area contributed by atoms with Gasteiger partial charge in [0, 0.05) is 13.1 Å². The van der Waals surface area contributed by atoms with Gasteiger partial charge in [0.15, 0.2) is 18.1 Å². The first-order chi connectivity index (χ1) is 9.06. The predicted octanol–water partition coefficient (Wildman–Crippen LogP) is 0.703. The highest BCUT2D eigenvalue weighted by Gasteiger charge is 2.03. The Kier molecular flexibility index (Phi) is 5.40. The normalized spacial score (nSPS) is 10.2. The summed E-state index contributed by atoms with van der Waals surface area (Å²) in [6, 6.07) is 4.63. The van der Waals surface area contributed by atoms with Gasteiger partial charge in [-0.25, -0.2) is 4.79 Å². The van der Waals surface area contributed by atoms with Crippen LogP contribution in [-0.4, -0.2) is 37.7 Å². The number of nitrogens with one attached hydrogen (secondary N) is 1. The number of phenolic OH excluding ortho intramolecular Hbond substituents is 1. The SMILES string of the molecule is CNC(=O)COC(=O)/C=C/c1ccc(O)c(OC)c1.